The maximum atomic E-state index is 12.8. The Kier molecular flexibility index (Phi) is 8.01. The van der Waals surface area contributed by atoms with Crippen LogP contribution in [0.4, 0.5) is 5.69 Å². The minimum atomic E-state index is -2.37. The molecule has 0 radical (unpaired) electrons. The molecule has 2 heterocycles. The predicted molar refractivity (Wildman–Crippen MR) is 134 cm³/mol. The van der Waals surface area contributed by atoms with Crippen LogP contribution in [0.25, 0.3) is 9.88 Å². The Hall–Kier alpha value is -2.85. The highest BCUT2D eigenvalue weighted by Gasteiger charge is 2.19. The fraction of sp³-hybridized carbons (Fsp3) is 0.167. The summed E-state index contributed by atoms with van der Waals surface area (Å²) in [5, 5.41) is 8.09. The monoisotopic (exact) mass is 496 g/mol. The number of thiazole rings is 1. The Bertz CT molecular complexity index is 1190. The van der Waals surface area contributed by atoms with E-state index in [2.05, 4.69) is 10.0 Å². The van der Waals surface area contributed by atoms with Gasteiger partial charge in [0, 0.05) is 28.8 Å². The van der Waals surface area contributed by atoms with Crippen LogP contribution in [0.3, 0.4) is 0 Å². The third-order valence-corrected chi connectivity index (χ3v) is 7.33. The fourth-order valence-corrected chi connectivity index (χ4v) is 5.42. The highest BCUT2D eigenvalue weighted by atomic mass is 32.2. The van der Waals surface area contributed by atoms with E-state index >= 15 is 0 Å². The van der Waals surface area contributed by atoms with Crippen molar-refractivity contribution in [2.45, 2.75) is 25.3 Å². The summed E-state index contributed by atoms with van der Waals surface area (Å²) < 4.78 is 24.0. The highest BCUT2D eigenvalue weighted by molar-refractivity contribution is 7.80. The minimum Gasteiger partial charge on any atom is -0.755 e. The van der Waals surface area contributed by atoms with Crippen molar-refractivity contribution in [1.82, 2.24) is 10.3 Å². The van der Waals surface area contributed by atoms with Crippen LogP contribution in [0.15, 0.2) is 77.5 Å². The average molecular weight is 497 g/mol. The van der Waals surface area contributed by atoms with E-state index < -0.39 is 11.3 Å². The first kappa shape index (κ1) is 23.3. The molecule has 0 saturated heterocycles. The van der Waals surface area contributed by atoms with Crippen molar-refractivity contribution >= 4 is 45.5 Å². The molecule has 2 aromatic carbocycles. The van der Waals surface area contributed by atoms with Gasteiger partial charge in [0.05, 0.1) is 16.6 Å². The van der Waals surface area contributed by atoms with Crippen molar-refractivity contribution in [3.63, 3.8) is 0 Å². The molecule has 6 nitrogen and oxygen atoms in total. The molecule has 4 rings (SSSR count). The molecule has 0 aliphatic rings. The molecule has 2 aromatic heterocycles. The van der Waals surface area contributed by atoms with Gasteiger partial charge in [-0.25, -0.2) is 4.98 Å². The van der Waals surface area contributed by atoms with Crippen molar-refractivity contribution in [2.24, 2.45) is 0 Å². The maximum absolute atomic E-state index is 12.8. The Morgan fingerprint density at radius 3 is 2.48 bits per heavy atom. The number of aromatic nitrogens is 1. The molecule has 170 valence electrons. The van der Waals surface area contributed by atoms with Crippen LogP contribution in [0.5, 0.6) is 0 Å². The molecule has 0 bridgehead atoms. The molecule has 0 fully saturated rings. The molecule has 2 N–H and O–H groups in total. The van der Waals surface area contributed by atoms with Crippen molar-refractivity contribution in [1.29, 1.82) is 0 Å². The Balaban J connectivity index is 1.49. The smallest absolute Gasteiger partial charge is 0.220 e. The molecule has 0 spiro atoms. The van der Waals surface area contributed by atoms with Gasteiger partial charge in [0.2, 0.25) is 5.91 Å². The first-order valence-electron chi connectivity index (χ1n) is 10.3. The van der Waals surface area contributed by atoms with Gasteiger partial charge in [-0.2, -0.15) is 0 Å². The number of hydrogen-bond donors (Lipinski definition) is 2. The second-order valence-corrected chi connectivity index (χ2v) is 9.88. The number of amides is 1. The zero-order valence-electron chi connectivity index (χ0n) is 17.6. The molecule has 0 saturated carbocycles. The van der Waals surface area contributed by atoms with E-state index in [1.165, 1.54) is 0 Å². The fourth-order valence-electron chi connectivity index (χ4n) is 3.40. The van der Waals surface area contributed by atoms with Gasteiger partial charge in [-0.15, -0.1) is 22.7 Å². The number of benzene rings is 2. The Labute approximate surface area is 203 Å². The van der Waals surface area contributed by atoms with Crippen LogP contribution < -0.4 is 10.0 Å². The number of nitrogens with one attached hydrogen (secondary N) is 2. The van der Waals surface area contributed by atoms with Crippen molar-refractivity contribution in [2.75, 3.05) is 4.72 Å². The molecule has 1 unspecified atom stereocenters. The van der Waals surface area contributed by atoms with E-state index in [1.807, 2.05) is 65.4 Å². The Morgan fingerprint density at radius 2 is 1.79 bits per heavy atom. The van der Waals surface area contributed by atoms with Gasteiger partial charge < -0.3 is 14.6 Å². The summed E-state index contributed by atoms with van der Waals surface area (Å²) in [5.74, 6) is -0.0328. The largest absolute Gasteiger partial charge is 0.755 e. The number of hydrogen-bond acceptors (Lipinski definition) is 6. The quantitative estimate of drug-likeness (QED) is 0.298. The van der Waals surface area contributed by atoms with E-state index in [4.69, 9.17) is 4.98 Å². The third-order valence-electron chi connectivity index (χ3n) is 5.02. The van der Waals surface area contributed by atoms with E-state index in [9.17, 15) is 13.6 Å². The number of carbonyl (C=O) groups excluding carboxylic acids is 1. The normalized spacial score (nSPS) is 12.8. The molecular weight excluding hydrogens is 474 g/mol. The van der Waals surface area contributed by atoms with Crippen LogP contribution >= 0.6 is 22.7 Å². The zero-order valence-corrected chi connectivity index (χ0v) is 20.1. The van der Waals surface area contributed by atoms with Crippen molar-refractivity contribution in [3.8, 4) is 9.88 Å². The second kappa shape index (κ2) is 11.3. The van der Waals surface area contributed by atoms with E-state index in [1.54, 1.807) is 34.8 Å². The second-order valence-electron chi connectivity index (χ2n) is 7.40. The Morgan fingerprint density at radius 1 is 1.00 bits per heavy atom. The van der Waals surface area contributed by atoms with Gasteiger partial charge in [0.25, 0.3) is 0 Å². The number of nitrogens with zero attached hydrogens (tertiary/aromatic N) is 1. The van der Waals surface area contributed by atoms with Crippen LogP contribution in [0.1, 0.15) is 29.3 Å². The topological polar surface area (TPSA) is 94.2 Å². The summed E-state index contributed by atoms with van der Waals surface area (Å²) in [4.78, 5) is 18.7. The number of thiophene rings is 1. The molecule has 0 aliphatic heterocycles. The predicted octanol–water partition coefficient (Wildman–Crippen LogP) is 5.11. The summed E-state index contributed by atoms with van der Waals surface area (Å²) in [7, 11) is 0. The lowest BCUT2D eigenvalue weighted by molar-refractivity contribution is -0.121. The average Bonchev–Trinajstić information content (AvgIpc) is 3.51. The van der Waals surface area contributed by atoms with Gasteiger partial charge in [0.15, 0.2) is 0 Å². The first-order valence-corrected chi connectivity index (χ1v) is 13.2. The summed E-state index contributed by atoms with van der Waals surface area (Å²) >= 11 is 0.830. The lowest BCUT2D eigenvalue weighted by Crippen LogP contribution is -2.30. The van der Waals surface area contributed by atoms with Gasteiger partial charge in [-0.1, -0.05) is 48.5 Å². The van der Waals surface area contributed by atoms with Gasteiger partial charge in [-0.05, 0) is 47.5 Å². The molecule has 33 heavy (non-hydrogen) atoms. The molecule has 2 atom stereocenters. The van der Waals surface area contributed by atoms with E-state index in [0.717, 1.165) is 26.7 Å². The van der Waals surface area contributed by atoms with Crippen LogP contribution in [0.2, 0.25) is 0 Å². The number of aryl methyl sites for hydroxylation is 1. The maximum Gasteiger partial charge on any atom is 0.220 e. The van der Waals surface area contributed by atoms with Gasteiger partial charge in [0.1, 0.15) is 5.01 Å². The summed E-state index contributed by atoms with van der Waals surface area (Å²) in [5.41, 5.74) is 3.40. The molecule has 9 heteroatoms. The lowest BCUT2D eigenvalue weighted by Gasteiger charge is -2.18. The first-order chi connectivity index (χ1) is 16.1. The number of carbonyl (C=O) groups is 1. The zero-order chi connectivity index (χ0) is 23.0. The van der Waals surface area contributed by atoms with Crippen LogP contribution in [-0.2, 0) is 28.9 Å². The number of anilines is 1. The standard InChI is InChI=1S/C24H23N3O3S3/c28-23(13-10-17-5-2-1-3-6-17)25-20(15-18-8-11-19(12-9-18)27-33(29)30)21-16-32-24(26-21)22-7-4-14-31-22/h1-9,11-12,14,16,20,27H,10,13,15H2,(H,25,28)(H,29,30)/p-1/t20-/m0/s1. The third kappa shape index (κ3) is 6.82. The summed E-state index contributed by atoms with van der Waals surface area (Å²) in [6.45, 7) is 0. The molecular formula is C24H22N3O3S3-. The van der Waals surface area contributed by atoms with Crippen LogP contribution in [-0.4, -0.2) is 19.7 Å². The van der Waals surface area contributed by atoms with E-state index in [-0.39, 0.29) is 11.9 Å². The molecule has 4 aromatic rings. The molecule has 1 amide bonds. The van der Waals surface area contributed by atoms with Gasteiger partial charge in [-0.3, -0.25) is 9.00 Å². The van der Waals surface area contributed by atoms with Crippen LogP contribution in [0, 0.1) is 0 Å². The minimum absolute atomic E-state index is 0.0328. The SMILES string of the molecule is O=C(CCc1ccccc1)N[C@@H](Cc1ccc(NS(=O)[O-])cc1)c1csc(-c2cccs2)n1. The molecule has 0 aliphatic carbocycles. The van der Waals surface area contributed by atoms with Crippen molar-refractivity contribution < 1.29 is 13.6 Å². The summed E-state index contributed by atoms with van der Waals surface area (Å²) in [6.07, 6.45) is 1.61. The van der Waals surface area contributed by atoms with Crippen molar-refractivity contribution in [3.05, 3.63) is 94.3 Å². The van der Waals surface area contributed by atoms with Gasteiger partial charge >= 0.3 is 0 Å². The van der Waals surface area contributed by atoms with E-state index in [0.29, 0.717) is 24.9 Å². The number of rotatable bonds is 10. The summed E-state index contributed by atoms with van der Waals surface area (Å²) in [6, 6.07) is 20.8. The highest BCUT2D eigenvalue weighted by Crippen LogP contribution is 2.31. The lowest BCUT2D eigenvalue weighted by atomic mass is 10.0.